The molecule has 0 aliphatic rings. The van der Waals surface area contributed by atoms with Gasteiger partial charge in [-0.3, -0.25) is 0 Å². The molecule has 0 atom stereocenters. The molecule has 0 saturated heterocycles. The lowest BCUT2D eigenvalue weighted by molar-refractivity contribution is -0.137. The summed E-state index contributed by atoms with van der Waals surface area (Å²) < 4.78 is 10.4. The van der Waals surface area contributed by atoms with Crippen molar-refractivity contribution in [3.63, 3.8) is 0 Å². The number of hydrogen-bond acceptors (Lipinski definition) is 4. The molecule has 118 valence electrons. The molecule has 0 aromatic heterocycles. The molecule has 0 saturated carbocycles. The average Bonchev–Trinajstić information content (AvgIpc) is 2.47. The van der Waals surface area contributed by atoms with E-state index in [4.69, 9.17) is 9.47 Å². The molecule has 22 heavy (non-hydrogen) atoms. The minimum Gasteiger partial charge on any atom is -0.462 e. The number of ether oxygens (including phenoxy) is 2. The molecular weight excluding hydrogens is 278 g/mol. The van der Waals surface area contributed by atoms with Crippen molar-refractivity contribution in [1.82, 2.24) is 0 Å². The number of esters is 1. The second-order valence-corrected chi connectivity index (χ2v) is 5.06. The van der Waals surface area contributed by atoms with Gasteiger partial charge in [-0.25, -0.2) is 4.79 Å². The number of hydrogen-bond donors (Lipinski definition) is 0. The highest BCUT2D eigenvalue weighted by molar-refractivity contribution is 5.98. The predicted octanol–water partition coefficient (Wildman–Crippen LogP) is 3.62. The Morgan fingerprint density at radius 3 is 2.45 bits per heavy atom. The molecule has 0 heterocycles. The van der Waals surface area contributed by atoms with Gasteiger partial charge in [0.15, 0.2) is 0 Å². The summed E-state index contributed by atoms with van der Waals surface area (Å²) in [6.07, 6.45) is 1.61. The summed E-state index contributed by atoms with van der Waals surface area (Å²) in [5, 5.41) is 9.19. The molecule has 0 bridgehead atoms. The summed E-state index contributed by atoms with van der Waals surface area (Å²) in [6.45, 7) is 11.1. The predicted molar refractivity (Wildman–Crippen MR) is 86.2 cm³/mol. The average molecular weight is 301 g/mol. The van der Waals surface area contributed by atoms with Gasteiger partial charge in [0.2, 0.25) is 0 Å². The van der Waals surface area contributed by atoms with E-state index in [0.29, 0.717) is 13.2 Å². The van der Waals surface area contributed by atoms with Gasteiger partial charge < -0.3 is 9.47 Å². The third-order valence-electron chi connectivity index (χ3n) is 3.55. The van der Waals surface area contributed by atoms with E-state index < -0.39 is 5.97 Å². The van der Waals surface area contributed by atoms with Crippen LogP contribution in [0, 0.1) is 32.1 Å². The maximum absolute atomic E-state index is 11.8. The van der Waals surface area contributed by atoms with Gasteiger partial charge in [-0.15, -0.1) is 0 Å². The topological polar surface area (TPSA) is 59.3 Å². The van der Waals surface area contributed by atoms with Crippen LogP contribution in [0.15, 0.2) is 11.6 Å². The second kappa shape index (κ2) is 8.35. The van der Waals surface area contributed by atoms with Crippen LogP contribution in [0.1, 0.15) is 41.7 Å². The highest BCUT2D eigenvalue weighted by Crippen LogP contribution is 2.25. The second-order valence-electron chi connectivity index (χ2n) is 5.06. The fraction of sp³-hybridized carbons (Fsp3) is 0.444. The highest BCUT2D eigenvalue weighted by atomic mass is 16.5. The summed E-state index contributed by atoms with van der Waals surface area (Å²) >= 11 is 0. The number of benzene rings is 1. The largest absolute Gasteiger partial charge is 0.462 e. The Morgan fingerprint density at radius 2 is 1.91 bits per heavy atom. The van der Waals surface area contributed by atoms with E-state index in [1.807, 2.05) is 39.8 Å². The molecule has 0 spiro atoms. The van der Waals surface area contributed by atoms with Crippen molar-refractivity contribution in [2.45, 2.75) is 41.2 Å². The third kappa shape index (κ3) is 4.19. The minimum absolute atomic E-state index is 0.0132. The van der Waals surface area contributed by atoms with Gasteiger partial charge in [0, 0.05) is 6.61 Å². The zero-order valence-electron chi connectivity index (χ0n) is 13.9. The molecule has 1 rings (SSSR count). The molecular formula is C18H23NO3. The van der Waals surface area contributed by atoms with Crippen LogP contribution in [0.4, 0.5) is 0 Å². The van der Waals surface area contributed by atoms with Gasteiger partial charge in [-0.05, 0) is 68.5 Å². The van der Waals surface area contributed by atoms with Crippen LogP contribution in [0.25, 0.3) is 6.08 Å². The molecule has 4 nitrogen and oxygen atoms in total. The first kappa shape index (κ1) is 17.9. The van der Waals surface area contributed by atoms with Gasteiger partial charge in [0.1, 0.15) is 11.6 Å². The SMILES string of the molecule is CCOCc1c(C)cc(C)c(/C=C(/C#N)C(=O)OCC)c1C. The fourth-order valence-electron chi connectivity index (χ4n) is 2.38. The van der Waals surface area contributed by atoms with Crippen LogP contribution >= 0.6 is 0 Å². The maximum atomic E-state index is 11.8. The van der Waals surface area contributed by atoms with Crippen LogP contribution in [0.3, 0.4) is 0 Å². The molecule has 4 heteroatoms. The number of rotatable bonds is 6. The van der Waals surface area contributed by atoms with Gasteiger partial charge in [0.25, 0.3) is 0 Å². The molecule has 0 aliphatic heterocycles. The molecule has 0 amide bonds. The molecule has 0 fully saturated rings. The summed E-state index contributed by atoms with van der Waals surface area (Å²) in [7, 11) is 0. The van der Waals surface area contributed by atoms with Gasteiger partial charge in [-0.2, -0.15) is 5.26 Å². The van der Waals surface area contributed by atoms with Crippen molar-refractivity contribution in [2.24, 2.45) is 0 Å². The Kier molecular flexibility index (Phi) is 6.81. The Balaban J connectivity index is 3.34. The maximum Gasteiger partial charge on any atom is 0.348 e. The number of carbonyl (C=O) groups excluding carboxylic acids is 1. The fourth-order valence-corrected chi connectivity index (χ4v) is 2.38. The Morgan fingerprint density at radius 1 is 1.23 bits per heavy atom. The molecule has 0 unspecified atom stereocenters. The minimum atomic E-state index is -0.587. The highest BCUT2D eigenvalue weighted by Gasteiger charge is 2.14. The third-order valence-corrected chi connectivity index (χ3v) is 3.55. The van der Waals surface area contributed by atoms with Crippen LogP contribution in [-0.4, -0.2) is 19.2 Å². The van der Waals surface area contributed by atoms with E-state index in [1.54, 1.807) is 13.0 Å². The lowest BCUT2D eigenvalue weighted by atomic mass is 9.92. The van der Waals surface area contributed by atoms with Crippen molar-refractivity contribution in [3.8, 4) is 6.07 Å². The molecule has 1 aromatic carbocycles. The Hall–Kier alpha value is -2.12. The zero-order chi connectivity index (χ0) is 16.7. The van der Waals surface area contributed by atoms with Crippen molar-refractivity contribution in [3.05, 3.63) is 39.5 Å². The van der Waals surface area contributed by atoms with E-state index in [9.17, 15) is 10.1 Å². The first-order chi connectivity index (χ1) is 10.5. The number of nitrogens with zero attached hydrogens (tertiary/aromatic N) is 1. The van der Waals surface area contributed by atoms with Gasteiger partial charge in [0.05, 0.1) is 13.2 Å². The van der Waals surface area contributed by atoms with Crippen LogP contribution < -0.4 is 0 Å². The number of aryl methyl sites for hydroxylation is 2. The van der Waals surface area contributed by atoms with Crippen LogP contribution in [-0.2, 0) is 20.9 Å². The smallest absolute Gasteiger partial charge is 0.348 e. The van der Waals surface area contributed by atoms with E-state index >= 15 is 0 Å². The van der Waals surface area contributed by atoms with E-state index in [-0.39, 0.29) is 12.2 Å². The van der Waals surface area contributed by atoms with Crippen LogP contribution in [0.5, 0.6) is 0 Å². The Bertz CT molecular complexity index is 624. The van der Waals surface area contributed by atoms with Gasteiger partial charge >= 0.3 is 5.97 Å². The standard InChI is InChI=1S/C18H23NO3/c1-6-21-11-17-13(4)8-12(3)16(14(17)5)9-15(10-19)18(20)22-7-2/h8-9H,6-7,11H2,1-5H3/b15-9-. The molecule has 0 N–H and O–H groups in total. The lowest BCUT2D eigenvalue weighted by Crippen LogP contribution is -2.07. The molecule has 0 aliphatic carbocycles. The number of carbonyl (C=O) groups is 1. The number of nitriles is 1. The Labute approximate surface area is 132 Å². The van der Waals surface area contributed by atoms with E-state index in [2.05, 4.69) is 0 Å². The molecule has 0 radical (unpaired) electrons. The van der Waals surface area contributed by atoms with E-state index in [0.717, 1.165) is 27.8 Å². The zero-order valence-corrected chi connectivity index (χ0v) is 13.9. The van der Waals surface area contributed by atoms with Crippen molar-refractivity contribution in [2.75, 3.05) is 13.2 Å². The summed E-state index contributed by atoms with van der Waals surface area (Å²) in [4.78, 5) is 11.8. The van der Waals surface area contributed by atoms with Crippen LogP contribution in [0.2, 0.25) is 0 Å². The van der Waals surface area contributed by atoms with Crippen molar-refractivity contribution >= 4 is 12.0 Å². The first-order valence-electron chi connectivity index (χ1n) is 7.42. The van der Waals surface area contributed by atoms with E-state index in [1.165, 1.54) is 0 Å². The first-order valence-corrected chi connectivity index (χ1v) is 7.42. The monoisotopic (exact) mass is 301 g/mol. The van der Waals surface area contributed by atoms with Gasteiger partial charge in [-0.1, -0.05) is 6.07 Å². The summed E-state index contributed by atoms with van der Waals surface area (Å²) in [5.41, 5.74) is 5.19. The molecule has 1 aromatic rings. The normalized spacial score (nSPS) is 11.2. The summed E-state index contributed by atoms with van der Waals surface area (Å²) in [6, 6.07) is 3.97. The quantitative estimate of drug-likeness (QED) is 0.457. The summed E-state index contributed by atoms with van der Waals surface area (Å²) in [5.74, 6) is -0.587. The lowest BCUT2D eigenvalue weighted by Gasteiger charge is -2.15. The van der Waals surface area contributed by atoms with Crippen molar-refractivity contribution in [1.29, 1.82) is 5.26 Å². The van der Waals surface area contributed by atoms with Crippen molar-refractivity contribution < 1.29 is 14.3 Å².